The molecule has 2 N–H and O–H groups in total. The maximum Gasteiger partial charge on any atom is 0.255 e. The van der Waals surface area contributed by atoms with Crippen molar-refractivity contribution in [3.63, 3.8) is 0 Å². The number of aliphatic hydroxyl groups is 1. The van der Waals surface area contributed by atoms with Gasteiger partial charge < -0.3 is 15.2 Å². The van der Waals surface area contributed by atoms with Crippen LogP contribution in [-0.2, 0) is 6.61 Å². The highest BCUT2D eigenvalue weighted by Crippen LogP contribution is 2.20. The molecule has 2 aromatic rings. The van der Waals surface area contributed by atoms with Crippen molar-refractivity contribution in [2.75, 3.05) is 5.32 Å². The number of hydrogen-bond donors (Lipinski definition) is 2. The summed E-state index contributed by atoms with van der Waals surface area (Å²) in [6.07, 6.45) is 3.08. The van der Waals surface area contributed by atoms with E-state index in [1.54, 1.807) is 36.5 Å². The van der Waals surface area contributed by atoms with Crippen molar-refractivity contribution in [2.45, 2.75) is 33.0 Å². The number of carbonyl (C=O) groups excluding carboxylic acids is 1. The van der Waals surface area contributed by atoms with Crippen LogP contribution >= 0.6 is 0 Å². The van der Waals surface area contributed by atoms with Gasteiger partial charge in [0, 0.05) is 17.3 Å². The molecule has 0 saturated heterocycles. The van der Waals surface area contributed by atoms with Crippen molar-refractivity contribution < 1.29 is 14.6 Å². The van der Waals surface area contributed by atoms with E-state index < -0.39 is 0 Å². The molecule has 1 heterocycles. The average molecular weight is 300 g/mol. The van der Waals surface area contributed by atoms with Crippen LogP contribution in [0, 0.1) is 0 Å². The number of benzene rings is 1. The Morgan fingerprint density at radius 3 is 2.50 bits per heavy atom. The van der Waals surface area contributed by atoms with E-state index in [9.17, 15) is 9.90 Å². The number of hydrogen-bond acceptors (Lipinski definition) is 4. The average Bonchev–Trinajstić information content (AvgIpc) is 2.47. The minimum Gasteiger partial charge on any atom is -0.488 e. The second kappa shape index (κ2) is 6.58. The lowest BCUT2D eigenvalue weighted by molar-refractivity contribution is 0.102. The Balaban J connectivity index is 2.10. The van der Waals surface area contributed by atoms with E-state index in [2.05, 4.69) is 10.3 Å². The topological polar surface area (TPSA) is 71.5 Å². The summed E-state index contributed by atoms with van der Waals surface area (Å²) in [5, 5.41) is 12.0. The number of ether oxygens (including phenoxy) is 1. The zero-order valence-corrected chi connectivity index (χ0v) is 13.0. The summed E-state index contributed by atoms with van der Waals surface area (Å²) in [6.45, 7) is 5.74. The van der Waals surface area contributed by atoms with Gasteiger partial charge in [-0.3, -0.25) is 9.78 Å². The summed E-state index contributed by atoms with van der Waals surface area (Å²) in [5.74, 6) is 0.450. The lowest BCUT2D eigenvalue weighted by atomic mass is 10.1. The molecule has 1 amide bonds. The van der Waals surface area contributed by atoms with Gasteiger partial charge in [-0.2, -0.15) is 0 Å². The van der Waals surface area contributed by atoms with E-state index >= 15 is 0 Å². The summed E-state index contributed by atoms with van der Waals surface area (Å²) < 4.78 is 5.72. The molecule has 116 valence electrons. The van der Waals surface area contributed by atoms with Gasteiger partial charge in [0.05, 0.1) is 18.5 Å². The Kier molecular flexibility index (Phi) is 4.78. The molecule has 0 unspecified atom stereocenters. The Morgan fingerprint density at radius 2 is 1.91 bits per heavy atom. The molecule has 0 aliphatic rings. The van der Waals surface area contributed by atoms with Gasteiger partial charge in [-0.25, -0.2) is 0 Å². The molecule has 0 fully saturated rings. The fraction of sp³-hybridized carbons (Fsp3) is 0.294. The molecule has 5 heteroatoms. The maximum atomic E-state index is 12.2. The molecule has 5 nitrogen and oxygen atoms in total. The van der Waals surface area contributed by atoms with E-state index in [0.717, 1.165) is 0 Å². The minimum atomic E-state index is -0.282. The first-order valence-electron chi connectivity index (χ1n) is 7.03. The molecule has 0 bridgehead atoms. The molecule has 0 saturated carbocycles. The summed E-state index contributed by atoms with van der Waals surface area (Å²) in [6, 6.07) is 8.58. The van der Waals surface area contributed by atoms with Crippen LogP contribution in [0.2, 0.25) is 0 Å². The molecular formula is C17H20N2O3. The lowest BCUT2D eigenvalue weighted by Gasteiger charge is -2.21. The number of aromatic nitrogens is 1. The molecule has 0 atom stereocenters. The maximum absolute atomic E-state index is 12.2. The van der Waals surface area contributed by atoms with Gasteiger partial charge in [0.15, 0.2) is 0 Å². The molecule has 22 heavy (non-hydrogen) atoms. The number of nitrogens with zero attached hydrogens (tertiary/aromatic N) is 1. The largest absolute Gasteiger partial charge is 0.488 e. The first kappa shape index (κ1) is 16.0. The van der Waals surface area contributed by atoms with Gasteiger partial charge in [-0.15, -0.1) is 0 Å². The highest BCUT2D eigenvalue weighted by molar-refractivity contribution is 6.04. The molecule has 0 aliphatic heterocycles. The molecule has 0 radical (unpaired) electrons. The van der Waals surface area contributed by atoms with E-state index in [4.69, 9.17) is 4.74 Å². The molecule has 0 spiro atoms. The highest BCUT2D eigenvalue weighted by atomic mass is 16.5. The Labute approximate surface area is 130 Å². The van der Waals surface area contributed by atoms with Crippen molar-refractivity contribution in [3.05, 3.63) is 53.9 Å². The van der Waals surface area contributed by atoms with Crippen molar-refractivity contribution in [2.24, 2.45) is 0 Å². The van der Waals surface area contributed by atoms with Crippen LogP contribution in [0.15, 0.2) is 42.7 Å². The first-order valence-corrected chi connectivity index (χ1v) is 7.03. The number of carbonyl (C=O) groups is 1. The van der Waals surface area contributed by atoms with Crippen molar-refractivity contribution >= 4 is 11.6 Å². The quantitative estimate of drug-likeness (QED) is 0.910. The van der Waals surface area contributed by atoms with Crippen LogP contribution in [0.3, 0.4) is 0 Å². The third-order valence-electron chi connectivity index (χ3n) is 2.87. The van der Waals surface area contributed by atoms with E-state index in [0.29, 0.717) is 22.6 Å². The predicted molar refractivity (Wildman–Crippen MR) is 84.9 cm³/mol. The SMILES string of the molecule is CC(C)(C)Oc1ccc(C(=O)Nc2cnccc2CO)cc1. The van der Waals surface area contributed by atoms with Gasteiger partial charge in [-0.05, 0) is 51.1 Å². The number of amides is 1. The van der Waals surface area contributed by atoms with Gasteiger partial charge in [0.1, 0.15) is 11.4 Å². The zero-order valence-electron chi connectivity index (χ0n) is 13.0. The first-order chi connectivity index (χ1) is 10.4. The van der Waals surface area contributed by atoms with Gasteiger partial charge in [0.25, 0.3) is 5.91 Å². The third-order valence-corrected chi connectivity index (χ3v) is 2.87. The molecule has 2 rings (SSSR count). The second-order valence-electron chi connectivity index (χ2n) is 5.88. The summed E-state index contributed by atoms with van der Waals surface area (Å²) in [4.78, 5) is 16.2. The van der Waals surface area contributed by atoms with Crippen LogP contribution in [0.5, 0.6) is 5.75 Å². The van der Waals surface area contributed by atoms with E-state index in [-0.39, 0.29) is 18.1 Å². The van der Waals surface area contributed by atoms with Crippen LogP contribution in [0.25, 0.3) is 0 Å². The normalized spacial score (nSPS) is 11.1. The van der Waals surface area contributed by atoms with Crippen LogP contribution in [-0.4, -0.2) is 21.6 Å². The molecular weight excluding hydrogens is 280 g/mol. The molecule has 0 aliphatic carbocycles. The second-order valence-corrected chi connectivity index (χ2v) is 5.88. The van der Waals surface area contributed by atoms with Gasteiger partial charge >= 0.3 is 0 Å². The minimum absolute atomic E-state index is 0.156. The number of rotatable bonds is 4. The monoisotopic (exact) mass is 300 g/mol. The summed E-state index contributed by atoms with van der Waals surface area (Å²) in [7, 11) is 0. The Bertz CT molecular complexity index is 646. The molecule has 1 aromatic carbocycles. The fourth-order valence-electron chi connectivity index (χ4n) is 1.90. The number of nitrogens with one attached hydrogen (secondary N) is 1. The number of pyridine rings is 1. The molecule has 1 aromatic heterocycles. The van der Waals surface area contributed by atoms with Crippen molar-refractivity contribution in [1.29, 1.82) is 0 Å². The van der Waals surface area contributed by atoms with Crippen molar-refractivity contribution in [1.82, 2.24) is 4.98 Å². The van der Waals surface area contributed by atoms with Crippen LogP contribution in [0.4, 0.5) is 5.69 Å². The van der Waals surface area contributed by atoms with Crippen molar-refractivity contribution in [3.8, 4) is 5.75 Å². The van der Waals surface area contributed by atoms with Crippen LogP contribution < -0.4 is 10.1 Å². The number of anilines is 1. The van der Waals surface area contributed by atoms with Gasteiger partial charge in [0.2, 0.25) is 0 Å². The Morgan fingerprint density at radius 1 is 1.23 bits per heavy atom. The van der Waals surface area contributed by atoms with E-state index in [1.807, 2.05) is 20.8 Å². The summed E-state index contributed by atoms with van der Waals surface area (Å²) >= 11 is 0. The Hall–Kier alpha value is -2.40. The van der Waals surface area contributed by atoms with E-state index in [1.165, 1.54) is 6.20 Å². The standard InChI is InChI=1S/C17H20N2O3/c1-17(2,3)22-14-6-4-12(5-7-14)16(21)19-15-10-18-9-8-13(15)11-20/h4-10,20H,11H2,1-3H3,(H,19,21). The lowest BCUT2D eigenvalue weighted by Crippen LogP contribution is -2.23. The smallest absolute Gasteiger partial charge is 0.255 e. The van der Waals surface area contributed by atoms with Crippen LogP contribution in [0.1, 0.15) is 36.7 Å². The van der Waals surface area contributed by atoms with Gasteiger partial charge in [-0.1, -0.05) is 0 Å². The fourth-order valence-corrected chi connectivity index (χ4v) is 1.90. The predicted octanol–water partition coefficient (Wildman–Crippen LogP) is 3.00. The highest BCUT2D eigenvalue weighted by Gasteiger charge is 2.13. The third kappa shape index (κ3) is 4.30. The summed E-state index contributed by atoms with van der Waals surface area (Å²) in [5.41, 5.74) is 1.35. The zero-order chi connectivity index (χ0) is 16.2. The number of aliphatic hydroxyl groups excluding tert-OH is 1.